The minimum Gasteiger partial charge on any atom is -0.507 e. The van der Waals surface area contributed by atoms with Crippen LogP contribution in [0.3, 0.4) is 0 Å². The highest BCUT2D eigenvalue weighted by Crippen LogP contribution is 2.39. The van der Waals surface area contributed by atoms with Gasteiger partial charge in [0.25, 0.3) is 11.7 Å². The largest absolute Gasteiger partial charge is 0.507 e. The number of hydrogen-bond donors (Lipinski definition) is 1. The van der Waals surface area contributed by atoms with E-state index in [1.54, 1.807) is 36.7 Å². The number of halogens is 1. The van der Waals surface area contributed by atoms with E-state index in [4.69, 9.17) is 4.74 Å². The first-order chi connectivity index (χ1) is 14.3. The van der Waals surface area contributed by atoms with E-state index in [1.165, 1.54) is 4.90 Å². The van der Waals surface area contributed by atoms with Gasteiger partial charge in [-0.05, 0) is 62.6 Å². The molecule has 1 N–H and O–H groups in total. The summed E-state index contributed by atoms with van der Waals surface area (Å²) < 4.78 is 6.47. The number of aliphatic hydroxyl groups is 1. The topological polar surface area (TPSA) is 79.7 Å². The molecule has 1 fully saturated rings. The summed E-state index contributed by atoms with van der Waals surface area (Å²) in [5.74, 6) is -1.47. The summed E-state index contributed by atoms with van der Waals surface area (Å²) in [5.41, 5.74) is 2.23. The average molecular weight is 473 g/mol. The Balaban J connectivity index is 2.02. The smallest absolute Gasteiger partial charge is 0.295 e. The monoisotopic (exact) mass is 472 g/mol. The van der Waals surface area contributed by atoms with Gasteiger partial charge in [0.1, 0.15) is 5.76 Å². The molecule has 0 spiro atoms. The Hall–Kier alpha value is -2.51. The predicted octanol–water partition coefficient (Wildman–Crippen LogP) is 4.39. The normalized spacial score (nSPS) is 18.4. The Labute approximate surface area is 184 Å². The second kappa shape index (κ2) is 9.53. The fourth-order valence-corrected chi connectivity index (χ4v) is 3.75. The standard InChI is InChI=1S/C23H25BrN2O4/c1-14(2)30-12-4-11-26-20(16-7-9-25-10-8-16)19(22(28)23(26)29)21(27)17-5-6-18(24)15(3)13-17/h5-10,13-14,20,27H,4,11-12H2,1-3H3/b21-19-. The lowest BCUT2D eigenvalue weighted by molar-refractivity contribution is -0.140. The Morgan fingerprint density at radius 3 is 2.57 bits per heavy atom. The van der Waals surface area contributed by atoms with Crippen molar-refractivity contribution in [3.63, 3.8) is 0 Å². The molecule has 0 radical (unpaired) electrons. The van der Waals surface area contributed by atoms with E-state index in [-0.39, 0.29) is 17.4 Å². The van der Waals surface area contributed by atoms with E-state index in [9.17, 15) is 14.7 Å². The summed E-state index contributed by atoms with van der Waals surface area (Å²) >= 11 is 3.44. The van der Waals surface area contributed by atoms with Crippen molar-refractivity contribution >= 4 is 33.4 Å². The van der Waals surface area contributed by atoms with E-state index in [0.29, 0.717) is 25.1 Å². The maximum absolute atomic E-state index is 12.9. The average Bonchev–Trinajstić information content (AvgIpc) is 2.98. The van der Waals surface area contributed by atoms with E-state index >= 15 is 0 Å². The van der Waals surface area contributed by atoms with Crippen LogP contribution < -0.4 is 0 Å². The van der Waals surface area contributed by atoms with Crippen molar-refractivity contribution in [2.75, 3.05) is 13.2 Å². The lowest BCUT2D eigenvalue weighted by Crippen LogP contribution is -2.31. The summed E-state index contributed by atoms with van der Waals surface area (Å²) in [5, 5.41) is 11.0. The Kier molecular flexibility index (Phi) is 7.05. The van der Waals surface area contributed by atoms with Crippen LogP contribution in [-0.2, 0) is 14.3 Å². The minimum absolute atomic E-state index is 0.0945. The molecule has 6 nitrogen and oxygen atoms in total. The third-order valence-electron chi connectivity index (χ3n) is 4.99. The highest BCUT2D eigenvalue weighted by atomic mass is 79.9. The van der Waals surface area contributed by atoms with Crippen LogP contribution in [0.1, 0.15) is 43.0 Å². The molecule has 1 aromatic heterocycles. The van der Waals surface area contributed by atoms with Gasteiger partial charge in [-0.3, -0.25) is 14.6 Å². The van der Waals surface area contributed by atoms with Gasteiger partial charge in [-0.2, -0.15) is 0 Å². The van der Waals surface area contributed by atoms with Gasteiger partial charge in [0.05, 0.1) is 17.7 Å². The van der Waals surface area contributed by atoms with Crippen LogP contribution in [0, 0.1) is 6.92 Å². The Morgan fingerprint density at radius 1 is 1.23 bits per heavy atom. The summed E-state index contributed by atoms with van der Waals surface area (Å²) in [7, 11) is 0. The minimum atomic E-state index is -0.681. The predicted molar refractivity (Wildman–Crippen MR) is 118 cm³/mol. The highest BCUT2D eigenvalue weighted by Gasteiger charge is 2.45. The van der Waals surface area contributed by atoms with Gasteiger partial charge in [0.15, 0.2) is 0 Å². The van der Waals surface area contributed by atoms with Crippen LogP contribution in [0.25, 0.3) is 5.76 Å². The molecule has 1 atom stereocenters. The number of aryl methyl sites for hydroxylation is 1. The van der Waals surface area contributed by atoms with Crippen LogP contribution in [-0.4, -0.2) is 45.9 Å². The Morgan fingerprint density at radius 2 is 1.93 bits per heavy atom. The summed E-state index contributed by atoms with van der Waals surface area (Å²) in [4.78, 5) is 31.3. The first-order valence-corrected chi connectivity index (χ1v) is 10.7. The number of carbonyl (C=O) groups excluding carboxylic acids is 2. The third-order valence-corrected chi connectivity index (χ3v) is 5.88. The van der Waals surface area contributed by atoms with Crippen molar-refractivity contribution in [1.82, 2.24) is 9.88 Å². The number of likely N-dealkylation sites (tertiary alicyclic amines) is 1. The number of benzene rings is 1. The number of carbonyl (C=O) groups is 2. The van der Waals surface area contributed by atoms with E-state index in [0.717, 1.165) is 15.6 Å². The van der Waals surface area contributed by atoms with Crippen molar-refractivity contribution in [3.05, 3.63) is 69.5 Å². The number of aliphatic hydroxyl groups excluding tert-OH is 1. The van der Waals surface area contributed by atoms with Gasteiger partial charge in [-0.25, -0.2) is 0 Å². The van der Waals surface area contributed by atoms with Crippen molar-refractivity contribution in [3.8, 4) is 0 Å². The van der Waals surface area contributed by atoms with Crippen molar-refractivity contribution in [2.45, 2.75) is 39.3 Å². The molecule has 30 heavy (non-hydrogen) atoms. The summed E-state index contributed by atoms with van der Waals surface area (Å²) in [6, 6.07) is 8.16. The number of aromatic nitrogens is 1. The molecule has 1 aliphatic rings. The molecule has 1 saturated heterocycles. The van der Waals surface area contributed by atoms with Gasteiger partial charge in [0.2, 0.25) is 0 Å². The third kappa shape index (κ3) is 4.63. The van der Waals surface area contributed by atoms with E-state index in [2.05, 4.69) is 20.9 Å². The number of Topliss-reactive ketones (excluding diaryl/α,β-unsaturated/α-hetero) is 1. The molecule has 3 rings (SSSR count). The maximum Gasteiger partial charge on any atom is 0.295 e. The van der Waals surface area contributed by atoms with Crippen molar-refractivity contribution in [2.24, 2.45) is 0 Å². The maximum atomic E-state index is 12.9. The SMILES string of the molecule is Cc1cc(/C(O)=C2/C(=O)C(=O)N(CCCOC(C)C)C2c2ccncc2)ccc1Br. The van der Waals surface area contributed by atoms with Crippen LogP contribution >= 0.6 is 15.9 Å². The fraction of sp³-hybridized carbons (Fsp3) is 0.348. The summed E-state index contributed by atoms with van der Waals surface area (Å²) in [6.45, 7) is 6.62. The molecular formula is C23H25BrN2O4. The molecule has 1 amide bonds. The zero-order valence-electron chi connectivity index (χ0n) is 17.3. The van der Waals surface area contributed by atoms with Gasteiger partial charge in [0, 0.05) is 35.6 Å². The van der Waals surface area contributed by atoms with Crippen molar-refractivity contribution < 1.29 is 19.4 Å². The zero-order chi connectivity index (χ0) is 21.8. The number of amides is 1. The molecule has 2 heterocycles. The quantitative estimate of drug-likeness (QED) is 0.279. The fourth-order valence-electron chi connectivity index (χ4n) is 3.50. The number of ketones is 1. The lowest BCUT2D eigenvalue weighted by atomic mass is 9.95. The highest BCUT2D eigenvalue weighted by molar-refractivity contribution is 9.10. The number of nitrogens with zero attached hydrogens (tertiary/aromatic N) is 2. The van der Waals surface area contributed by atoms with Crippen LogP contribution in [0.5, 0.6) is 0 Å². The molecule has 0 aliphatic carbocycles. The number of hydrogen-bond acceptors (Lipinski definition) is 5. The van der Waals surface area contributed by atoms with Gasteiger partial charge < -0.3 is 14.7 Å². The second-order valence-corrected chi connectivity index (χ2v) is 8.36. The van der Waals surface area contributed by atoms with E-state index in [1.807, 2.05) is 26.8 Å². The molecule has 7 heteroatoms. The number of ether oxygens (including phenoxy) is 1. The number of pyridine rings is 1. The lowest BCUT2D eigenvalue weighted by Gasteiger charge is -2.25. The van der Waals surface area contributed by atoms with Gasteiger partial charge in [-0.1, -0.05) is 22.0 Å². The van der Waals surface area contributed by atoms with Crippen molar-refractivity contribution in [1.29, 1.82) is 0 Å². The molecule has 2 aromatic rings. The van der Waals surface area contributed by atoms with Crippen LogP contribution in [0.15, 0.2) is 52.8 Å². The molecule has 0 bridgehead atoms. The molecule has 0 saturated carbocycles. The van der Waals surface area contributed by atoms with Gasteiger partial charge >= 0.3 is 0 Å². The number of rotatable bonds is 7. The van der Waals surface area contributed by atoms with Gasteiger partial charge in [-0.15, -0.1) is 0 Å². The first-order valence-electron chi connectivity index (χ1n) is 9.87. The summed E-state index contributed by atoms with van der Waals surface area (Å²) in [6.07, 6.45) is 3.91. The van der Waals surface area contributed by atoms with E-state index < -0.39 is 17.7 Å². The first kappa shape index (κ1) is 22.2. The second-order valence-electron chi connectivity index (χ2n) is 7.51. The van der Waals surface area contributed by atoms with Crippen LogP contribution in [0.4, 0.5) is 0 Å². The van der Waals surface area contributed by atoms with Crippen LogP contribution in [0.2, 0.25) is 0 Å². The molecular weight excluding hydrogens is 448 g/mol. The zero-order valence-corrected chi connectivity index (χ0v) is 18.8. The molecule has 1 unspecified atom stereocenters. The molecule has 1 aliphatic heterocycles. The molecule has 1 aromatic carbocycles. The molecule has 158 valence electrons. The Bertz CT molecular complexity index is 972.